The Morgan fingerprint density at radius 2 is 2.15 bits per heavy atom. The van der Waals surface area contributed by atoms with Crippen LogP contribution in [0.3, 0.4) is 0 Å². The summed E-state index contributed by atoms with van der Waals surface area (Å²) in [5, 5.41) is 2.73. The molecular formula is C15H22ClFN2O. The van der Waals surface area contributed by atoms with Crippen molar-refractivity contribution in [2.45, 2.75) is 39.0 Å². The van der Waals surface area contributed by atoms with Crippen molar-refractivity contribution in [3.8, 4) is 0 Å². The predicted octanol–water partition coefficient (Wildman–Crippen LogP) is 3.96. The number of anilines is 1. The molecule has 1 aromatic rings. The highest BCUT2D eigenvalue weighted by atomic mass is 35.5. The number of hydrogen-bond acceptors (Lipinski definition) is 2. The fraction of sp³-hybridized carbons (Fsp3) is 0.533. The first-order valence-electron chi connectivity index (χ1n) is 7.01. The number of carbonyl (C=O) groups excluding carboxylic acids is 1. The van der Waals surface area contributed by atoms with Gasteiger partial charge in [-0.2, -0.15) is 0 Å². The summed E-state index contributed by atoms with van der Waals surface area (Å²) in [6.07, 6.45) is 4.35. The Labute approximate surface area is 124 Å². The fourth-order valence-electron chi connectivity index (χ4n) is 2.21. The molecule has 0 aromatic heterocycles. The van der Waals surface area contributed by atoms with E-state index in [2.05, 4.69) is 12.2 Å². The van der Waals surface area contributed by atoms with E-state index in [-0.39, 0.29) is 10.9 Å². The van der Waals surface area contributed by atoms with Gasteiger partial charge in [-0.15, -0.1) is 0 Å². The molecule has 1 aromatic carbocycles. The minimum Gasteiger partial charge on any atom is -0.330 e. The molecule has 1 rings (SSSR count). The number of amides is 1. The fourth-order valence-corrected chi connectivity index (χ4v) is 2.33. The van der Waals surface area contributed by atoms with Crippen LogP contribution in [0.2, 0.25) is 5.02 Å². The van der Waals surface area contributed by atoms with E-state index in [1.165, 1.54) is 12.1 Å². The van der Waals surface area contributed by atoms with Gasteiger partial charge in [0.2, 0.25) is 5.91 Å². The van der Waals surface area contributed by atoms with E-state index in [9.17, 15) is 9.18 Å². The van der Waals surface area contributed by atoms with Gasteiger partial charge in [-0.25, -0.2) is 4.39 Å². The summed E-state index contributed by atoms with van der Waals surface area (Å²) in [6.45, 7) is 2.77. The molecule has 20 heavy (non-hydrogen) atoms. The molecule has 3 N–H and O–H groups in total. The number of halogens is 2. The Bertz CT molecular complexity index is 434. The van der Waals surface area contributed by atoms with Crippen LogP contribution in [-0.2, 0) is 4.79 Å². The van der Waals surface area contributed by atoms with Crippen LogP contribution >= 0.6 is 11.6 Å². The van der Waals surface area contributed by atoms with Crippen LogP contribution < -0.4 is 11.1 Å². The van der Waals surface area contributed by atoms with E-state index in [1.807, 2.05) is 0 Å². The molecular weight excluding hydrogens is 279 g/mol. The Hall–Kier alpha value is -1.13. The normalized spacial score (nSPS) is 12.2. The van der Waals surface area contributed by atoms with Gasteiger partial charge in [0.25, 0.3) is 0 Å². The molecule has 0 aliphatic rings. The highest BCUT2D eigenvalue weighted by Crippen LogP contribution is 2.20. The van der Waals surface area contributed by atoms with Gasteiger partial charge in [-0.05, 0) is 43.5 Å². The molecule has 1 amide bonds. The van der Waals surface area contributed by atoms with Crippen LogP contribution in [-0.4, -0.2) is 12.5 Å². The molecule has 1 unspecified atom stereocenters. The van der Waals surface area contributed by atoms with E-state index in [0.29, 0.717) is 24.6 Å². The van der Waals surface area contributed by atoms with Crippen molar-refractivity contribution < 1.29 is 9.18 Å². The number of rotatable bonds is 8. The van der Waals surface area contributed by atoms with Crippen LogP contribution in [0.15, 0.2) is 18.2 Å². The Balaban J connectivity index is 2.44. The molecule has 1 atom stereocenters. The maximum atomic E-state index is 13.2. The van der Waals surface area contributed by atoms with Gasteiger partial charge in [-0.1, -0.05) is 31.4 Å². The zero-order chi connectivity index (χ0) is 15.0. The van der Waals surface area contributed by atoms with Gasteiger partial charge in [0, 0.05) is 12.1 Å². The first kappa shape index (κ1) is 16.9. The maximum absolute atomic E-state index is 13.2. The van der Waals surface area contributed by atoms with Crippen LogP contribution in [0.1, 0.15) is 39.0 Å². The molecule has 0 fully saturated rings. The summed E-state index contributed by atoms with van der Waals surface area (Å²) < 4.78 is 13.2. The SMILES string of the molecule is CCCC(CCN)CCC(=O)Nc1ccc(Cl)c(F)c1. The van der Waals surface area contributed by atoms with Crippen LogP contribution in [0.4, 0.5) is 10.1 Å². The zero-order valence-electron chi connectivity index (χ0n) is 11.8. The average Bonchev–Trinajstić information content (AvgIpc) is 2.41. The lowest BCUT2D eigenvalue weighted by Gasteiger charge is -2.14. The summed E-state index contributed by atoms with van der Waals surface area (Å²) in [5.41, 5.74) is 6.00. The monoisotopic (exact) mass is 300 g/mol. The van der Waals surface area contributed by atoms with Gasteiger partial charge in [0.05, 0.1) is 5.02 Å². The molecule has 0 spiro atoms. The van der Waals surface area contributed by atoms with E-state index in [4.69, 9.17) is 17.3 Å². The molecule has 0 aliphatic heterocycles. The Morgan fingerprint density at radius 1 is 1.40 bits per heavy atom. The van der Waals surface area contributed by atoms with Crippen molar-refractivity contribution in [2.75, 3.05) is 11.9 Å². The lowest BCUT2D eigenvalue weighted by atomic mass is 9.94. The smallest absolute Gasteiger partial charge is 0.224 e. The molecule has 112 valence electrons. The van der Waals surface area contributed by atoms with Crippen LogP contribution in [0, 0.1) is 11.7 Å². The lowest BCUT2D eigenvalue weighted by molar-refractivity contribution is -0.116. The van der Waals surface area contributed by atoms with Crippen LogP contribution in [0.25, 0.3) is 0 Å². The number of hydrogen-bond donors (Lipinski definition) is 2. The quantitative estimate of drug-likeness (QED) is 0.763. The zero-order valence-corrected chi connectivity index (χ0v) is 12.5. The number of nitrogens with one attached hydrogen (secondary N) is 1. The predicted molar refractivity (Wildman–Crippen MR) is 81.3 cm³/mol. The second-order valence-electron chi connectivity index (χ2n) is 4.95. The van der Waals surface area contributed by atoms with Gasteiger partial charge < -0.3 is 11.1 Å². The van der Waals surface area contributed by atoms with Crippen molar-refractivity contribution in [3.05, 3.63) is 29.0 Å². The summed E-state index contributed by atoms with van der Waals surface area (Å²) in [4.78, 5) is 11.8. The topological polar surface area (TPSA) is 55.1 Å². The minimum absolute atomic E-state index is 0.0500. The second kappa shape index (κ2) is 8.93. The molecule has 0 heterocycles. The third-order valence-corrected chi connectivity index (χ3v) is 3.56. The van der Waals surface area contributed by atoms with Gasteiger partial charge in [0.15, 0.2) is 0 Å². The standard InChI is InChI=1S/C15H22ClFN2O/c1-2-3-11(8-9-18)4-7-15(20)19-12-5-6-13(16)14(17)10-12/h5-6,10-11H,2-4,7-9,18H2,1H3,(H,19,20). The third-order valence-electron chi connectivity index (χ3n) is 3.25. The van der Waals surface area contributed by atoms with Gasteiger partial charge in [-0.3, -0.25) is 4.79 Å². The van der Waals surface area contributed by atoms with Crippen molar-refractivity contribution in [2.24, 2.45) is 11.7 Å². The summed E-state index contributed by atoms with van der Waals surface area (Å²) >= 11 is 5.59. The highest BCUT2D eigenvalue weighted by Gasteiger charge is 2.11. The summed E-state index contributed by atoms with van der Waals surface area (Å²) in [7, 11) is 0. The third kappa shape index (κ3) is 5.88. The average molecular weight is 301 g/mol. The Morgan fingerprint density at radius 3 is 2.75 bits per heavy atom. The lowest BCUT2D eigenvalue weighted by Crippen LogP contribution is -2.15. The first-order chi connectivity index (χ1) is 9.56. The van der Waals surface area contributed by atoms with Crippen molar-refractivity contribution in [1.82, 2.24) is 0 Å². The second-order valence-corrected chi connectivity index (χ2v) is 5.35. The van der Waals surface area contributed by atoms with Crippen molar-refractivity contribution in [3.63, 3.8) is 0 Å². The van der Waals surface area contributed by atoms with E-state index >= 15 is 0 Å². The molecule has 0 aliphatic carbocycles. The van der Waals surface area contributed by atoms with Gasteiger partial charge in [0.1, 0.15) is 5.82 Å². The van der Waals surface area contributed by atoms with E-state index in [1.54, 1.807) is 6.07 Å². The van der Waals surface area contributed by atoms with Crippen molar-refractivity contribution >= 4 is 23.2 Å². The number of carbonyl (C=O) groups is 1. The van der Waals surface area contributed by atoms with Crippen LogP contribution in [0.5, 0.6) is 0 Å². The molecule has 0 bridgehead atoms. The largest absolute Gasteiger partial charge is 0.330 e. The van der Waals surface area contributed by atoms with E-state index in [0.717, 1.165) is 25.7 Å². The molecule has 0 saturated carbocycles. The summed E-state index contributed by atoms with van der Waals surface area (Å²) in [6, 6.07) is 4.25. The maximum Gasteiger partial charge on any atom is 0.224 e. The minimum atomic E-state index is -0.531. The molecule has 5 heteroatoms. The van der Waals surface area contributed by atoms with E-state index < -0.39 is 5.82 Å². The Kier molecular flexibility index (Phi) is 7.55. The molecule has 0 saturated heterocycles. The molecule has 0 radical (unpaired) electrons. The summed E-state index contributed by atoms with van der Waals surface area (Å²) in [5.74, 6) is -0.154. The number of nitrogens with two attached hydrogens (primary N) is 1. The highest BCUT2D eigenvalue weighted by molar-refractivity contribution is 6.30. The van der Waals surface area contributed by atoms with Crippen molar-refractivity contribution in [1.29, 1.82) is 0 Å². The van der Waals surface area contributed by atoms with Gasteiger partial charge >= 0.3 is 0 Å². The number of benzene rings is 1. The molecule has 3 nitrogen and oxygen atoms in total. The first-order valence-corrected chi connectivity index (χ1v) is 7.39.